The number of likely N-dealkylation sites (tertiary alicyclic amines) is 1. The van der Waals surface area contributed by atoms with Crippen molar-refractivity contribution in [1.82, 2.24) is 25.0 Å². The minimum atomic E-state index is -0.230. The van der Waals surface area contributed by atoms with Gasteiger partial charge >= 0.3 is 6.03 Å². The summed E-state index contributed by atoms with van der Waals surface area (Å²) in [6, 6.07) is 0.289. The van der Waals surface area contributed by atoms with Gasteiger partial charge < -0.3 is 10.2 Å². The van der Waals surface area contributed by atoms with Crippen LogP contribution in [0.2, 0.25) is 0 Å². The first kappa shape index (κ1) is 14.8. The second-order valence-corrected chi connectivity index (χ2v) is 5.32. The quantitative estimate of drug-likeness (QED) is 0.850. The van der Waals surface area contributed by atoms with Crippen molar-refractivity contribution < 1.29 is 4.79 Å². The normalized spacial score (nSPS) is 17.7. The maximum Gasteiger partial charge on any atom is 0.321 e. The van der Waals surface area contributed by atoms with Crippen molar-refractivity contribution in [3.05, 3.63) is 6.33 Å². The number of amides is 2. The lowest BCUT2D eigenvalue weighted by Crippen LogP contribution is -2.40. The highest BCUT2D eigenvalue weighted by atomic mass is 16.2. The van der Waals surface area contributed by atoms with Gasteiger partial charge in [-0.1, -0.05) is 6.42 Å². The van der Waals surface area contributed by atoms with E-state index in [1.807, 2.05) is 0 Å². The number of aromatic nitrogens is 3. The number of rotatable bonds is 5. The molecule has 0 spiro atoms. The molecule has 20 heavy (non-hydrogen) atoms. The van der Waals surface area contributed by atoms with E-state index in [0.29, 0.717) is 18.5 Å². The number of hydrogen-bond acceptors (Lipinski definition) is 4. The Bertz CT molecular complexity index is 426. The van der Waals surface area contributed by atoms with Crippen LogP contribution in [0.4, 0.5) is 10.7 Å². The van der Waals surface area contributed by atoms with Crippen molar-refractivity contribution in [2.24, 2.45) is 7.05 Å². The Kier molecular flexibility index (Phi) is 5.34. The minimum absolute atomic E-state index is 0.230. The zero-order chi connectivity index (χ0) is 14.4. The number of piperidine rings is 1. The van der Waals surface area contributed by atoms with E-state index in [1.165, 1.54) is 43.4 Å². The maximum atomic E-state index is 11.7. The van der Waals surface area contributed by atoms with Crippen molar-refractivity contribution in [2.45, 2.75) is 38.6 Å². The van der Waals surface area contributed by atoms with Crippen LogP contribution in [-0.2, 0) is 7.05 Å². The van der Waals surface area contributed by atoms with Gasteiger partial charge in [0.15, 0.2) is 0 Å². The second-order valence-electron chi connectivity index (χ2n) is 5.32. The van der Waals surface area contributed by atoms with Gasteiger partial charge in [0.1, 0.15) is 6.33 Å². The van der Waals surface area contributed by atoms with E-state index >= 15 is 0 Å². The van der Waals surface area contributed by atoms with E-state index in [4.69, 9.17) is 0 Å². The van der Waals surface area contributed by atoms with Gasteiger partial charge in [0.25, 0.3) is 0 Å². The summed E-state index contributed by atoms with van der Waals surface area (Å²) >= 11 is 0. The summed E-state index contributed by atoms with van der Waals surface area (Å²) in [4.78, 5) is 18.2. The fourth-order valence-electron chi connectivity index (χ4n) is 2.49. The van der Waals surface area contributed by atoms with Crippen LogP contribution in [0.25, 0.3) is 0 Å². The fraction of sp³-hybridized carbons (Fsp3) is 0.769. The highest BCUT2D eigenvalue weighted by molar-refractivity contribution is 5.87. The Labute approximate surface area is 119 Å². The third-order valence-electron chi connectivity index (χ3n) is 3.80. The van der Waals surface area contributed by atoms with Crippen molar-refractivity contribution in [1.29, 1.82) is 0 Å². The molecule has 1 fully saturated rings. The van der Waals surface area contributed by atoms with Gasteiger partial charge in [-0.2, -0.15) is 10.1 Å². The molecule has 112 valence electrons. The van der Waals surface area contributed by atoms with E-state index in [2.05, 4.69) is 32.5 Å². The van der Waals surface area contributed by atoms with Crippen LogP contribution in [0, 0.1) is 0 Å². The van der Waals surface area contributed by atoms with Crippen LogP contribution < -0.4 is 10.6 Å². The molecule has 1 saturated heterocycles. The average Bonchev–Trinajstić information content (AvgIpc) is 2.85. The van der Waals surface area contributed by atoms with Crippen LogP contribution in [0.15, 0.2) is 6.33 Å². The molecule has 0 unspecified atom stereocenters. The molecular formula is C13H24N6O. The first-order valence-electron chi connectivity index (χ1n) is 7.29. The Morgan fingerprint density at radius 3 is 2.80 bits per heavy atom. The Hall–Kier alpha value is -1.63. The number of hydrogen-bond donors (Lipinski definition) is 2. The molecule has 1 aliphatic heterocycles. The van der Waals surface area contributed by atoms with Gasteiger partial charge in [0.05, 0.1) is 0 Å². The predicted octanol–water partition coefficient (Wildman–Crippen LogP) is 1.20. The van der Waals surface area contributed by atoms with E-state index in [0.717, 1.165) is 6.42 Å². The van der Waals surface area contributed by atoms with Crippen LogP contribution >= 0.6 is 0 Å². The van der Waals surface area contributed by atoms with E-state index < -0.39 is 0 Å². The third kappa shape index (κ3) is 4.19. The van der Waals surface area contributed by atoms with Gasteiger partial charge in [-0.05, 0) is 39.3 Å². The number of urea groups is 1. The molecule has 1 aromatic heterocycles. The van der Waals surface area contributed by atoms with Crippen molar-refractivity contribution >= 4 is 12.0 Å². The molecule has 0 aliphatic carbocycles. The predicted molar refractivity (Wildman–Crippen MR) is 77.5 cm³/mol. The molecule has 7 heteroatoms. The van der Waals surface area contributed by atoms with Crippen LogP contribution in [-0.4, -0.2) is 51.4 Å². The Balaban J connectivity index is 1.65. The summed E-state index contributed by atoms with van der Waals surface area (Å²) in [6.07, 6.45) is 6.32. The summed E-state index contributed by atoms with van der Waals surface area (Å²) in [5, 5.41) is 9.43. The van der Waals surface area contributed by atoms with Gasteiger partial charge in [0.2, 0.25) is 5.95 Å². The molecule has 1 atom stereocenters. The molecule has 0 bridgehead atoms. The van der Waals surface area contributed by atoms with Crippen molar-refractivity contribution in [3.8, 4) is 0 Å². The Morgan fingerprint density at radius 1 is 1.40 bits per heavy atom. The first-order chi connectivity index (χ1) is 9.66. The number of nitrogens with one attached hydrogen (secondary N) is 2. The topological polar surface area (TPSA) is 75.1 Å². The van der Waals surface area contributed by atoms with E-state index in [1.54, 1.807) is 7.05 Å². The molecule has 0 aromatic carbocycles. The number of aryl methyl sites for hydroxylation is 1. The molecule has 0 saturated carbocycles. The Morgan fingerprint density at radius 2 is 2.15 bits per heavy atom. The molecule has 2 rings (SSSR count). The lowest BCUT2D eigenvalue weighted by atomic mass is 10.1. The number of carbonyl (C=O) groups excluding carboxylic acids is 1. The first-order valence-corrected chi connectivity index (χ1v) is 7.29. The summed E-state index contributed by atoms with van der Waals surface area (Å²) in [6.45, 7) is 5.27. The molecule has 2 N–H and O–H groups in total. The van der Waals surface area contributed by atoms with Crippen LogP contribution in [0.3, 0.4) is 0 Å². The molecule has 1 aliphatic rings. The number of carbonyl (C=O) groups is 1. The lowest BCUT2D eigenvalue weighted by molar-refractivity contribution is 0.166. The number of anilines is 1. The highest BCUT2D eigenvalue weighted by Gasteiger charge is 2.16. The smallest absolute Gasteiger partial charge is 0.321 e. The molecule has 7 nitrogen and oxygen atoms in total. The van der Waals surface area contributed by atoms with Gasteiger partial charge in [-0.25, -0.2) is 9.48 Å². The van der Waals surface area contributed by atoms with Crippen molar-refractivity contribution in [2.75, 3.05) is 25.0 Å². The van der Waals surface area contributed by atoms with Crippen LogP contribution in [0.5, 0.6) is 0 Å². The van der Waals surface area contributed by atoms with E-state index in [9.17, 15) is 4.79 Å². The highest BCUT2D eigenvalue weighted by Crippen LogP contribution is 2.13. The van der Waals surface area contributed by atoms with Gasteiger partial charge in [-0.3, -0.25) is 5.32 Å². The summed E-state index contributed by atoms with van der Waals surface area (Å²) in [7, 11) is 1.74. The standard InChI is InChI=1S/C13H24N6O/c1-11(19-8-4-3-5-9-19)6-7-14-13(20)17-12-15-10-16-18(12)2/h10-11H,3-9H2,1-2H3,(H2,14,15,16,17,20)/t11-/m0/s1. The van der Waals surface area contributed by atoms with Crippen LogP contribution in [0.1, 0.15) is 32.6 Å². The fourth-order valence-corrected chi connectivity index (χ4v) is 2.49. The largest absolute Gasteiger partial charge is 0.338 e. The molecule has 2 heterocycles. The zero-order valence-electron chi connectivity index (χ0n) is 12.3. The average molecular weight is 280 g/mol. The van der Waals surface area contributed by atoms with Gasteiger partial charge in [-0.15, -0.1) is 0 Å². The molecule has 0 radical (unpaired) electrons. The third-order valence-corrected chi connectivity index (χ3v) is 3.80. The number of nitrogens with zero attached hydrogens (tertiary/aromatic N) is 4. The monoisotopic (exact) mass is 280 g/mol. The minimum Gasteiger partial charge on any atom is -0.338 e. The van der Waals surface area contributed by atoms with E-state index in [-0.39, 0.29) is 6.03 Å². The maximum absolute atomic E-state index is 11.7. The zero-order valence-corrected chi connectivity index (χ0v) is 12.3. The lowest BCUT2D eigenvalue weighted by Gasteiger charge is -2.32. The SMILES string of the molecule is C[C@@H](CCNC(=O)Nc1ncnn1C)N1CCCCC1. The molecular weight excluding hydrogens is 256 g/mol. The van der Waals surface area contributed by atoms with Gasteiger partial charge in [0, 0.05) is 19.6 Å². The van der Waals surface area contributed by atoms with Crippen molar-refractivity contribution in [3.63, 3.8) is 0 Å². The summed E-state index contributed by atoms with van der Waals surface area (Å²) < 4.78 is 1.52. The summed E-state index contributed by atoms with van der Waals surface area (Å²) in [5.41, 5.74) is 0. The molecule has 2 amide bonds. The summed E-state index contributed by atoms with van der Waals surface area (Å²) in [5.74, 6) is 0.451. The molecule has 1 aromatic rings. The second kappa shape index (κ2) is 7.23.